The van der Waals surface area contributed by atoms with E-state index in [-0.39, 0.29) is 0 Å². The van der Waals surface area contributed by atoms with Gasteiger partial charge in [-0.1, -0.05) is 6.92 Å². The number of methoxy groups -OCH3 is 1. The summed E-state index contributed by atoms with van der Waals surface area (Å²) in [5.74, 6) is 0. The van der Waals surface area contributed by atoms with E-state index in [2.05, 4.69) is 29.0 Å². The summed E-state index contributed by atoms with van der Waals surface area (Å²) in [5, 5.41) is 3.65. The Labute approximate surface area is 118 Å². The molecule has 0 aromatic rings. The molecular formula is C15H31N3O. The maximum absolute atomic E-state index is 5.41. The quantitative estimate of drug-likeness (QED) is 0.716. The van der Waals surface area contributed by atoms with E-state index in [1.54, 1.807) is 0 Å². The van der Waals surface area contributed by atoms with Crippen molar-refractivity contribution in [2.75, 3.05) is 46.4 Å². The van der Waals surface area contributed by atoms with Crippen molar-refractivity contribution in [3.8, 4) is 0 Å². The molecule has 0 aromatic carbocycles. The SMILES string of the molecule is CCC(C)N1CCN(C(CNC2CC2)COC)CC1. The van der Waals surface area contributed by atoms with Gasteiger partial charge in [-0.2, -0.15) is 0 Å². The van der Waals surface area contributed by atoms with E-state index in [9.17, 15) is 0 Å². The van der Waals surface area contributed by atoms with Gasteiger partial charge in [-0.25, -0.2) is 0 Å². The Morgan fingerprint density at radius 3 is 2.32 bits per heavy atom. The molecule has 2 unspecified atom stereocenters. The average Bonchev–Trinajstić information content (AvgIpc) is 3.27. The zero-order valence-corrected chi connectivity index (χ0v) is 12.9. The molecule has 0 aromatic heterocycles. The maximum Gasteiger partial charge on any atom is 0.0630 e. The lowest BCUT2D eigenvalue weighted by atomic mass is 10.1. The Morgan fingerprint density at radius 1 is 1.16 bits per heavy atom. The van der Waals surface area contributed by atoms with E-state index in [1.807, 2.05) is 7.11 Å². The van der Waals surface area contributed by atoms with Crippen LogP contribution in [0.4, 0.5) is 0 Å². The second kappa shape index (κ2) is 7.58. The second-order valence-electron chi connectivity index (χ2n) is 6.12. The van der Waals surface area contributed by atoms with Gasteiger partial charge < -0.3 is 10.1 Å². The summed E-state index contributed by atoms with van der Waals surface area (Å²) < 4.78 is 5.41. The fourth-order valence-electron chi connectivity index (χ4n) is 2.88. The largest absolute Gasteiger partial charge is 0.383 e. The molecule has 2 atom stereocenters. The molecule has 1 N–H and O–H groups in total. The Morgan fingerprint density at radius 2 is 1.79 bits per heavy atom. The van der Waals surface area contributed by atoms with Gasteiger partial charge in [0.25, 0.3) is 0 Å². The molecule has 2 rings (SSSR count). The third kappa shape index (κ3) is 4.71. The highest BCUT2D eigenvalue weighted by Crippen LogP contribution is 2.19. The Balaban J connectivity index is 1.75. The van der Waals surface area contributed by atoms with Gasteiger partial charge in [-0.15, -0.1) is 0 Å². The number of hydrogen-bond donors (Lipinski definition) is 1. The average molecular weight is 269 g/mol. The number of piperazine rings is 1. The molecule has 4 nitrogen and oxygen atoms in total. The fourth-order valence-corrected chi connectivity index (χ4v) is 2.88. The first-order valence-electron chi connectivity index (χ1n) is 7.95. The molecule has 4 heteroatoms. The highest BCUT2D eigenvalue weighted by molar-refractivity contribution is 4.86. The van der Waals surface area contributed by atoms with Crippen molar-refractivity contribution in [1.82, 2.24) is 15.1 Å². The molecule has 1 heterocycles. The molecule has 0 bridgehead atoms. The van der Waals surface area contributed by atoms with Crippen molar-refractivity contribution in [1.29, 1.82) is 0 Å². The first kappa shape index (κ1) is 15.2. The summed E-state index contributed by atoms with van der Waals surface area (Å²) in [4.78, 5) is 5.23. The molecule has 112 valence electrons. The van der Waals surface area contributed by atoms with Gasteiger partial charge in [0.15, 0.2) is 0 Å². The lowest BCUT2D eigenvalue weighted by Gasteiger charge is -2.41. The number of nitrogens with one attached hydrogen (secondary N) is 1. The van der Waals surface area contributed by atoms with Crippen LogP contribution in [0.25, 0.3) is 0 Å². The molecule has 0 amide bonds. The number of ether oxygens (including phenoxy) is 1. The van der Waals surface area contributed by atoms with Crippen molar-refractivity contribution in [3.05, 3.63) is 0 Å². The van der Waals surface area contributed by atoms with E-state index < -0.39 is 0 Å². The van der Waals surface area contributed by atoms with Gasteiger partial charge in [-0.05, 0) is 26.2 Å². The highest BCUT2D eigenvalue weighted by atomic mass is 16.5. The van der Waals surface area contributed by atoms with Gasteiger partial charge in [0.05, 0.1) is 6.61 Å². The van der Waals surface area contributed by atoms with E-state index in [0.717, 1.165) is 25.2 Å². The molecule has 2 aliphatic rings. The van der Waals surface area contributed by atoms with Crippen LogP contribution in [-0.4, -0.2) is 74.4 Å². The first-order valence-corrected chi connectivity index (χ1v) is 7.95. The van der Waals surface area contributed by atoms with Crippen molar-refractivity contribution in [2.24, 2.45) is 0 Å². The van der Waals surface area contributed by atoms with Crippen LogP contribution in [0.3, 0.4) is 0 Å². The normalized spacial score (nSPS) is 25.4. The summed E-state index contributed by atoms with van der Waals surface area (Å²) in [7, 11) is 1.82. The molecule has 19 heavy (non-hydrogen) atoms. The van der Waals surface area contributed by atoms with Crippen molar-refractivity contribution >= 4 is 0 Å². The minimum Gasteiger partial charge on any atom is -0.383 e. The van der Waals surface area contributed by atoms with Gasteiger partial charge in [0, 0.05) is 58.0 Å². The fraction of sp³-hybridized carbons (Fsp3) is 1.00. The van der Waals surface area contributed by atoms with E-state index in [0.29, 0.717) is 6.04 Å². The molecule has 1 aliphatic carbocycles. The standard InChI is InChI=1S/C15H31N3O/c1-4-13(2)17-7-9-18(10-8-17)15(12-19-3)11-16-14-5-6-14/h13-16H,4-12H2,1-3H3. The van der Waals surface area contributed by atoms with Gasteiger partial charge in [-0.3, -0.25) is 9.80 Å². The molecule has 1 aliphatic heterocycles. The zero-order valence-electron chi connectivity index (χ0n) is 12.9. The summed E-state index contributed by atoms with van der Waals surface area (Å²) >= 11 is 0. The zero-order chi connectivity index (χ0) is 13.7. The highest BCUT2D eigenvalue weighted by Gasteiger charge is 2.27. The second-order valence-corrected chi connectivity index (χ2v) is 6.12. The first-order chi connectivity index (χ1) is 9.24. The van der Waals surface area contributed by atoms with E-state index in [1.165, 1.54) is 45.4 Å². The minimum atomic E-state index is 0.546. The number of rotatable bonds is 8. The molecular weight excluding hydrogens is 238 g/mol. The molecule has 2 fully saturated rings. The predicted octanol–water partition coefficient (Wildman–Crippen LogP) is 1.17. The van der Waals surface area contributed by atoms with E-state index in [4.69, 9.17) is 4.74 Å². The van der Waals surface area contributed by atoms with Crippen LogP contribution >= 0.6 is 0 Å². The Hall–Kier alpha value is -0.160. The van der Waals surface area contributed by atoms with Crippen LogP contribution in [-0.2, 0) is 4.74 Å². The number of hydrogen-bond acceptors (Lipinski definition) is 4. The van der Waals surface area contributed by atoms with Crippen LogP contribution in [0.2, 0.25) is 0 Å². The van der Waals surface area contributed by atoms with Crippen LogP contribution in [0.1, 0.15) is 33.1 Å². The maximum atomic E-state index is 5.41. The van der Waals surface area contributed by atoms with Crippen molar-refractivity contribution in [3.63, 3.8) is 0 Å². The number of nitrogens with zero attached hydrogens (tertiary/aromatic N) is 2. The molecule has 1 saturated carbocycles. The van der Waals surface area contributed by atoms with Crippen LogP contribution < -0.4 is 5.32 Å². The van der Waals surface area contributed by atoms with Gasteiger partial charge in [0.2, 0.25) is 0 Å². The van der Waals surface area contributed by atoms with Crippen LogP contribution in [0.5, 0.6) is 0 Å². The lowest BCUT2D eigenvalue weighted by Crippen LogP contribution is -2.55. The van der Waals surface area contributed by atoms with Crippen molar-refractivity contribution < 1.29 is 4.74 Å². The Bertz CT molecular complexity index is 250. The minimum absolute atomic E-state index is 0.546. The van der Waals surface area contributed by atoms with Crippen LogP contribution in [0.15, 0.2) is 0 Å². The van der Waals surface area contributed by atoms with Crippen LogP contribution in [0, 0.1) is 0 Å². The lowest BCUT2D eigenvalue weighted by molar-refractivity contribution is 0.0374. The third-order valence-electron chi connectivity index (χ3n) is 4.66. The van der Waals surface area contributed by atoms with Gasteiger partial charge in [0.1, 0.15) is 0 Å². The summed E-state index contributed by atoms with van der Waals surface area (Å²) in [5.41, 5.74) is 0. The Kier molecular flexibility index (Phi) is 6.07. The molecule has 0 radical (unpaired) electrons. The monoisotopic (exact) mass is 269 g/mol. The molecule has 1 saturated heterocycles. The van der Waals surface area contributed by atoms with Gasteiger partial charge >= 0.3 is 0 Å². The third-order valence-corrected chi connectivity index (χ3v) is 4.66. The summed E-state index contributed by atoms with van der Waals surface area (Å²) in [6.45, 7) is 11.3. The van der Waals surface area contributed by atoms with Crippen molar-refractivity contribution in [2.45, 2.75) is 51.2 Å². The topological polar surface area (TPSA) is 27.7 Å². The smallest absolute Gasteiger partial charge is 0.0630 e. The summed E-state index contributed by atoms with van der Waals surface area (Å²) in [6.07, 6.45) is 3.98. The molecule has 0 spiro atoms. The predicted molar refractivity (Wildman–Crippen MR) is 79.6 cm³/mol. The van der Waals surface area contributed by atoms with E-state index >= 15 is 0 Å². The summed E-state index contributed by atoms with van der Waals surface area (Å²) in [6, 6.07) is 2.07.